The zero-order valence-electron chi connectivity index (χ0n) is 16.6. The summed E-state index contributed by atoms with van der Waals surface area (Å²) in [6.45, 7) is 0.252. The number of rotatable bonds is 4. The van der Waals surface area contributed by atoms with Crippen molar-refractivity contribution in [3.63, 3.8) is 0 Å². The second-order valence-electron chi connectivity index (χ2n) is 7.31. The van der Waals surface area contributed by atoms with Gasteiger partial charge in [-0.2, -0.15) is 0 Å². The average Bonchev–Trinajstić information content (AvgIpc) is 3.39. The van der Waals surface area contributed by atoms with Gasteiger partial charge in [-0.25, -0.2) is 9.67 Å². The summed E-state index contributed by atoms with van der Waals surface area (Å²) in [6.07, 6.45) is 3.90. The molecule has 0 bridgehead atoms. The van der Waals surface area contributed by atoms with E-state index in [1.807, 2.05) is 12.1 Å². The van der Waals surface area contributed by atoms with E-state index in [2.05, 4.69) is 20.6 Å². The van der Waals surface area contributed by atoms with Gasteiger partial charge >= 0.3 is 0 Å². The largest absolute Gasteiger partial charge is 0.481 e. The molecule has 1 aromatic carbocycles. The first kappa shape index (κ1) is 18.9. The first-order valence-corrected chi connectivity index (χ1v) is 9.75. The zero-order valence-corrected chi connectivity index (χ0v) is 16.6. The Balaban J connectivity index is 1.49. The number of amides is 3. The molecular weight excluding hydrogens is 400 g/mol. The van der Waals surface area contributed by atoms with Crippen molar-refractivity contribution in [1.82, 2.24) is 30.2 Å². The summed E-state index contributed by atoms with van der Waals surface area (Å²) in [7, 11) is 1.54. The Morgan fingerprint density at radius 1 is 1.13 bits per heavy atom. The summed E-state index contributed by atoms with van der Waals surface area (Å²) in [5.74, 6) is -0.551. The number of carbonyl (C=O) groups excluding carboxylic acids is 3. The molecule has 1 unspecified atom stereocenters. The molecule has 10 nitrogen and oxygen atoms in total. The summed E-state index contributed by atoms with van der Waals surface area (Å²) in [4.78, 5) is 42.5. The van der Waals surface area contributed by atoms with Crippen LogP contribution in [-0.4, -0.2) is 55.8 Å². The van der Waals surface area contributed by atoms with Crippen LogP contribution in [0, 0.1) is 0 Å². The Hall–Kier alpha value is -4.08. The van der Waals surface area contributed by atoms with Gasteiger partial charge in [0.05, 0.1) is 24.6 Å². The van der Waals surface area contributed by atoms with Crippen LogP contribution in [0.5, 0.6) is 5.88 Å². The van der Waals surface area contributed by atoms with Crippen LogP contribution in [0.3, 0.4) is 0 Å². The van der Waals surface area contributed by atoms with Crippen LogP contribution in [0.15, 0.2) is 42.7 Å². The van der Waals surface area contributed by atoms with E-state index in [-0.39, 0.29) is 24.8 Å². The molecule has 1 fully saturated rings. The molecule has 2 aliphatic heterocycles. The van der Waals surface area contributed by atoms with E-state index < -0.39 is 11.9 Å². The van der Waals surface area contributed by atoms with Gasteiger partial charge in [0, 0.05) is 30.3 Å². The standard InChI is InChI=1S/C21H18N6O4/c1-31-20-13(5-3-9-22-20)15-11-27(25-24-15)16-6-2-4-12-14(16)10-26(21(12)30)17-7-8-18(28)23-19(17)29/h2-6,9,11,17H,7-8,10H2,1H3,(H,23,28,29). The molecule has 5 rings (SSSR count). The molecule has 1 N–H and O–H groups in total. The van der Waals surface area contributed by atoms with Crippen LogP contribution in [0.25, 0.3) is 16.9 Å². The van der Waals surface area contributed by atoms with Crippen LogP contribution in [0.1, 0.15) is 28.8 Å². The van der Waals surface area contributed by atoms with E-state index in [4.69, 9.17) is 4.74 Å². The van der Waals surface area contributed by atoms with E-state index in [0.29, 0.717) is 34.8 Å². The lowest BCUT2D eigenvalue weighted by Crippen LogP contribution is -2.52. The van der Waals surface area contributed by atoms with Gasteiger partial charge in [0.15, 0.2) is 0 Å². The first-order chi connectivity index (χ1) is 15.1. The molecule has 2 aromatic heterocycles. The predicted molar refractivity (Wildman–Crippen MR) is 107 cm³/mol. The summed E-state index contributed by atoms with van der Waals surface area (Å²) in [5, 5.41) is 10.8. The molecule has 4 heterocycles. The molecule has 3 amide bonds. The van der Waals surface area contributed by atoms with Crippen molar-refractivity contribution in [2.45, 2.75) is 25.4 Å². The molecule has 1 atom stereocenters. The number of hydrogen-bond acceptors (Lipinski definition) is 7. The van der Waals surface area contributed by atoms with Crippen molar-refractivity contribution in [2.24, 2.45) is 0 Å². The van der Waals surface area contributed by atoms with Gasteiger partial charge in [0.1, 0.15) is 11.7 Å². The minimum Gasteiger partial charge on any atom is -0.481 e. The molecule has 156 valence electrons. The van der Waals surface area contributed by atoms with Crippen molar-refractivity contribution >= 4 is 17.7 Å². The average molecular weight is 418 g/mol. The highest BCUT2D eigenvalue weighted by atomic mass is 16.5. The Bertz CT molecular complexity index is 1220. The highest BCUT2D eigenvalue weighted by Gasteiger charge is 2.40. The van der Waals surface area contributed by atoms with Crippen LogP contribution in [0.2, 0.25) is 0 Å². The second kappa shape index (κ2) is 7.31. The normalized spacial score (nSPS) is 18.2. The number of fused-ring (bicyclic) bond motifs is 1. The number of nitrogens with one attached hydrogen (secondary N) is 1. The third-order valence-electron chi connectivity index (χ3n) is 5.54. The molecular formula is C21H18N6O4. The zero-order chi connectivity index (χ0) is 21.5. The molecule has 10 heteroatoms. The lowest BCUT2D eigenvalue weighted by atomic mass is 10.0. The maximum absolute atomic E-state index is 13.0. The van der Waals surface area contributed by atoms with Crippen LogP contribution in [0.4, 0.5) is 0 Å². The lowest BCUT2D eigenvalue weighted by Gasteiger charge is -2.29. The van der Waals surface area contributed by atoms with Gasteiger partial charge in [-0.3, -0.25) is 19.7 Å². The minimum atomic E-state index is -0.670. The second-order valence-corrected chi connectivity index (χ2v) is 7.31. The smallest absolute Gasteiger partial charge is 0.255 e. The number of ether oxygens (including phenoxy) is 1. The minimum absolute atomic E-state index is 0.211. The predicted octanol–water partition coefficient (Wildman–Crippen LogP) is 1.10. The van der Waals surface area contributed by atoms with Gasteiger partial charge in [0.2, 0.25) is 17.7 Å². The molecule has 31 heavy (non-hydrogen) atoms. The highest BCUT2D eigenvalue weighted by molar-refractivity contribution is 6.05. The Morgan fingerprint density at radius 3 is 2.77 bits per heavy atom. The maximum Gasteiger partial charge on any atom is 0.255 e. The van der Waals surface area contributed by atoms with Gasteiger partial charge in [0.25, 0.3) is 5.91 Å². The number of methoxy groups -OCH3 is 1. The topological polar surface area (TPSA) is 119 Å². The summed E-state index contributed by atoms with van der Waals surface area (Å²) in [5.41, 5.74) is 3.24. The maximum atomic E-state index is 13.0. The lowest BCUT2D eigenvalue weighted by molar-refractivity contribution is -0.136. The van der Waals surface area contributed by atoms with Crippen LogP contribution < -0.4 is 10.1 Å². The van der Waals surface area contributed by atoms with Gasteiger partial charge in [-0.1, -0.05) is 11.3 Å². The Morgan fingerprint density at radius 2 is 1.97 bits per heavy atom. The fourth-order valence-corrected chi connectivity index (χ4v) is 4.04. The monoisotopic (exact) mass is 418 g/mol. The van der Waals surface area contributed by atoms with E-state index >= 15 is 0 Å². The summed E-state index contributed by atoms with van der Waals surface area (Å²) < 4.78 is 6.90. The fraction of sp³-hybridized carbons (Fsp3) is 0.238. The summed E-state index contributed by atoms with van der Waals surface area (Å²) >= 11 is 0. The number of piperidine rings is 1. The van der Waals surface area contributed by atoms with E-state index in [1.165, 1.54) is 12.0 Å². The molecule has 0 aliphatic carbocycles. The number of carbonyl (C=O) groups is 3. The summed E-state index contributed by atoms with van der Waals surface area (Å²) in [6, 6.07) is 8.30. The first-order valence-electron chi connectivity index (χ1n) is 9.75. The molecule has 2 aliphatic rings. The van der Waals surface area contributed by atoms with E-state index in [1.54, 1.807) is 35.3 Å². The van der Waals surface area contributed by atoms with Crippen molar-refractivity contribution in [1.29, 1.82) is 0 Å². The number of hydrogen-bond donors (Lipinski definition) is 1. The molecule has 0 saturated carbocycles. The van der Waals surface area contributed by atoms with Gasteiger partial charge in [-0.05, 0) is 30.7 Å². The molecule has 3 aromatic rings. The number of benzene rings is 1. The Labute approximate surface area is 176 Å². The molecule has 0 radical (unpaired) electrons. The molecule has 0 spiro atoms. The van der Waals surface area contributed by atoms with Crippen LogP contribution >= 0.6 is 0 Å². The quantitative estimate of drug-likeness (QED) is 0.630. The fourth-order valence-electron chi connectivity index (χ4n) is 4.04. The third-order valence-corrected chi connectivity index (χ3v) is 5.54. The van der Waals surface area contributed by atoms with E-state index in [0.717, 1.165) is 5.56 Å². The van der Waals surface area contributed by atoms with Gasteiger partial charge < -0.3 is 9.64 Å². The van der Waals surface area contributed by atoms with E-state index in [9.17, 15) is 14.4 Å². The van der Waals surface area contributed by atoms with Crippen molar-refractivity contribution in [2.75, 3.05) is 7.11 Å². The van der Waals surface area contributed by atoms with Crippen molar-refractivity contribution in [3.8, 4) is 22.8 Å². The number of imide groups is 1. The number of nitrogens with zero attached hydrogens (tertiary/aromatic N) is 5. The van der Waals surface area contributed by atoms with Crippen molar-refractivity contribution < 1.29 is 19.1 Å². The van der Waals surface area contributed by atoms with Gasteiger partial charge in [-0.15, -0.1) is 5.10 Å². The van der Waals surface area contributed by atoms with Crippen LogP contribution in [-0.2, 0) is 16.1 Å². The number of pyridine rings is 1. The third kappa shape index (κ3) is 3.12. The molecule has 1 saturated heterocycles. The van der Waals surface area contributed by atoms with Crippen molar-refractivity contribution in [3.05, 3.63) is 53.9 Å². The highest BCUT2D eigenvalue weighted by Crippen LogP contribution is 2.32. The SMILES string of the molecule is COc1ncccc1-c1cn(-c2cccc3c2CN(C2CCC(=O)NC2=O)C3=O)nn1. The number of aromatic nitrogens is 4. The Kier molecular flexibility index (Phi) is 4.46.